The summed E-state index contributed by atoms with van der Waals surface area (Å²) >= 11 is 1.39. The molecule has 5 nitrogen and oxygen atoms in total. The van der Waals surface area contributed by atoms with Gasteiger partial charge in [0.25, 0.3) is 5.56 Å². The summed E-state index contributed by atoms with van der Waals surface area (Å²) in [7, 11) is 1.63. The minimum Gasteiger partial charge on any atom is -0.493 e. The Morgan fingerprint density at radius 2 is 1.64 bits per heavy atom. The minimum atomic E-state index is -0.0811. The van der Waals surface area contributed by atoms with Gasteiger partial charge in [0.1, 0.15) is 0 Å². The second-order valence-electron chi connectivity index (χ2n) is 8.54. The third kappa shape index (κ3) is 4.77. The molecule has 3 aromatic carbocycles. The van der Waals surface area contributed by atoms with Crippen LogP contribution in [0.2, 0.25) is 0 Å². The molecule has 0 saturated heterocycles. The Morgan fingerprint density at radius 1 is 0.917 bits per heavy atom. The molecular formula is C30H28N2O3S. The summed E-state index contributed by atoms with van der Waals surface area (Å²) in [4.78, 5) is 19.2. The Labute approximate surface area is 214 Å². The molecule has 5 aromatic rings. The van der Waals surface area contributed by atoms with E-state index in [1.807, 2.05) is 84.9 Å². The first-order chi connectivity index (χ1) is 17.7. The van der Waals surface area contributed by atoms with Crippen molar-refractivity contribution in [2.24, 2.45) is 0 Å². The van der Waals surface area contributed by atoms with E-state index in [0.717, 1.165) is 47.3 Å². The maximum Gasteiger partial charge on any atom is 0.274 e. The van der Waals surface area contributed by atoms with Gasteiger partial charge in [-0.1, -0.05) is 97.8 Å². The van der Waals surface area contributed by atoms with Crippen molar-refractivity contribution in [2.45, 2.75) is 26.2 Å². The van der Waals surface area contributed by atoms with Gasteiger partial charge in [-0.3, -0.25) is 4.79 Å². The second kappa shape index (κ2) is 10.8. The van der Waals surface area contributed by atoms with Crippen molar-refractivity contribution >= 4 is 22.4 Å². The molecule has 0 atom stereocenters. The smallest absolute Gasteiger partial charge is 0.274 e. The molecule has 0 N–H and O–H groups in total. The molecule has 0 bridgehead atoms. The Morgan fingerprint density at radius 3 is 2.33 bits per heavy atom. The summed E-state index contributed by atoms with van der Waals surface area (Å²) in [6, 6.07) is 25.7. The van der Waals surface area contributed by atoms with Crippen molar-refractivity contribution in [3.05, 3.63) is 99.3 Å². The van der Waals surface area contributed by atoms with Gasteiger partial charge in [-0.2, -0.15) is 0 Å². The summed E-state index contributed by atoms with van der Waals surface area (Å²) in [6.07, 6.45) is 5.19. The van der Waals surface area contributed by atoms with Gasteiger partial charge in [-0.05, 0) is 30.2 Å². The molecule has 0 spiro atoms. The van der Waals surface area contributed by atoms with Gasteiger partial charge in [0.2, 0.25) is 0 Å². The van der Waals surface area contributed by atoms with Crippen LogP contribution in [0.15, 0.2) is 83.7 Å². The Hall–Kier alpha value is -3.90. The molecule has 2 aromatic heterocycles. The Kier molecular flexibility index (Phi) is 7.14. The summed E-state index contributed by atoms with van der Waals surface area (Å²) in [5, 5.41) is 0. The predicted octanol–water partition coefficient (Wildman–Crippen LogP) is 6.22. The van der Waals surface area contributed by atoms with Crippen molar-refractivity contribution in [3.8, 4) is 34.0 Å². The summed E-state index contributed by atoms with van der Waals surface area (Å²) in [5.41, 5.74) is 4.35. The summed E-state index contributed by atoms with van der Waals surface area (Å²) in [6.45, 7) is 2.83. The molecule has 182 valence electrons. The van der Waals surface area contributed by atoms with Gasteiger partial charge in [-0.15, -0.1) is 0 Å². The number of aromatic nitrogens is 2. The van der Waals surface area contributed by atoms with Crippen LogP contribution < -0.4 is 19.6 Å². The molecule has 0 saturated carbocycles. The monoisotopic (exact) mass is 496 g/mol. The van der Waals surface area contributed by atoms with E-state index >= 15 is 0 Å². The highest BCUT2D eigenvalue weighted by molar-refractivity contribution is 7.15. The number of unbranched alkanes of at least 4 members (excludes halogenated alkanes) is 2. The highest BCUT2D eigenvalue weighted by Crippen LogP contribution is 2.33. The maximum absolute atomic E-state index is 13.6. The first-order valence-electron chi connectivity index (χ1n) is 12.2. The van der Waals surface area contributed by atoms with E-state index in [2.05, 4.69) is 6.92 Å². The van der Waals surface area contributed by atoms with Crippen LogP contribution in [0.25, 0.3) is 33.6 Å². The van der Waals surface area contributed by atoms with Gasteiger partial charge < -0.3 is 9.47 Å². The number of imidazole rings is 1. The van der Waals surface area contributed by atoms with Gasteiger partial charge in [0, 0.05) is 11.1 Å². The number of rotatable bonds is 9. The van der Waals surface area contributed by atoms with Crippen LogP contribution in [-0.2, 0) is 0 Å². The number of hydrogen-bond donors (Lipinski definition) is 0. The first-order valence-corrected chi connectivity index (χ1v) is 13.0. The number of methoxy groups -OCH3 is 1. The maximum atomic E-state index is 13.6. The number of fused-ring (bicyclic) bond motifs is 1. The van der Waals surface area contributed by atoms with Gasteiger partial charge >= 0.3 is 0 Å². The molecule has 5 rings (SSSR count). The molecule has 2 heterocycles. The highest BCUT2D eigenvalue weighted by atomic mass is 32.1. The minimum absolute atomic E-state index is 0.0811. The third-order valence-electron chi connectivity index (χ3n) is 6.05. The summed E-state index contributed by atoms with van der Waals surface area (Å²) in [5.74, 6) is 1.37. The van der Waals surface area contributed by atoms with E-state index in [1.54, 1.807) is 11.5 Å². The second-order valence-corrected chi connectivity index (χ2v) is 9.55. The quantitative estimate of drug-likeness (QED) is 0.228. The van der Waals surface area contributed by atoms with Crippen LogP contribution in [0.3, 0.4) is 0 Å². The van der Waals surface area contributed by atoms with Gasteiger partial charge in [0.15, 0.2) is 16.5 Å². The van der Waals surface area contributed by atoms with Crippen LogP contribution >= 0.6 is 11.3 Å². The molecule has 0 amide bonds. The normalized spacial score (nSPS) is 11.8. The fraction of sp³-hybridized carbons (Fsp3) is 0.200. The van der Waals surface area contributed by atoms with Crippen LogP contribution in [0.4, 0.5) is 0 Å². The fourth-order valence-electron chi connectivity index (χ4n) is 4.24. The lowest BCUT2D eigenvalue weighted by Gasteiger charge is -2.11. The standard InChI is InChI=1S/C30H28N2O3S/c1-3-4-11-18-35-24-17-16-21(19-25(24)34-2)20-26-29(33)32-28(23-14-9-6-10-15-23)27(31-30(32)36-26)22-12-7-5-8-13-22/h5-10,12-17,19-20H,3-4,11,18H2,1-2H3/b26-20-. The molecular weight excluding hydrogens is 468 g/mol. The molecule has 0 aliphatic carbocycles. The topological polar surface area (TPSA) is 52.8 Å². The van der Waals surface area contributed by atoms with Crippen molar-refractivity contribution in [1.82, 2.24) is 9.38 Å². The number of hydrogen-bond acceptors (Lipinski definition) is 5. The van der Waals surface area contributed by atoms with E-state index in [1.165, 1.54) is 11.3 Å². The van der Waals surface area contributed by atoms with Crippen LogP contribution in [0.5, 0.6) is 11.5 Å². The number of benzene rings is 3. The van der Waals surface area contributed by atoms with E-state index in [-0.39, 0.29) is 5.56 Å². The van der Waals surface area contributed by atoms with E-state index in [0.29, 0.717) is 27.6 Å². The molecule has 0 fully saturated rings. The zero-order valence-corrected chi connectivity index (χ0v) is 21.3. The molecule has 0 aliphatic heterocycles. The SMILES string of the molecule is CCCCCOc1ccc(/C=c2\sc3nc(-c4ccccc4)c(-c4ccccc4)n3c2=O)cc1OC. The average molecular weight is 497 g/mol. The lowest BCUT2D eigenvalue weighted by atomic mass is 10.1. The largest absolute Gasteiger partial charge is 0.493 e. The number of thiazole rings is 1. The molecule has 0 unspecified atom stereocenters. The molecule has 6 heteroatoms. The van der Waals surface area contributed by atoms with E-state index in [4.69, 9.17) is 14.5 Å². The molecule has 36 heavy (non-hydrogen) atoms. The lowest BCUT2D eigenvalue weighted by Crippen LogP contribution is -2.23. The zero-order chi connectivity index (χ0) is 24.9. The average Bonchev–Trinajstić information content (AvgIpc) is 3.44. The van der Waals surface area contributed by atoms with Crippen molar-refractivity contribution in [3.63, 3.8) is 0 Å². The Bertz CT molecular complexity index is 1570. The number of ether oxygens (including phenoxy) is 2. The van der Waals surface area contributed by atoms with E-state index in [9.17, 15) is 4.79 Å². The third-order valence-corrected chi connectivity index (χ3v) is 7.02. The number of nitrogens with zero attached hydrogens (tertiary/aromatic N) is 2. The zero-order valence-electron chi connectivity index (χ0n) is 20.4. The first kappa shape index (κ1) is 23.8. The van der Waals surface area contributed by atoms with Crippen LogP contribution in [-0.4, -0.2) is 23.1 Å². The van der Waals surface area contributed by atoms with Crippen LogP contribution in [0.1, 0.15) is 31.7 Å². The lowest BCUT2D eigenvalue weighted by molar-refractivity contribution is 0.286. The fourth-order valence-corrected chi connectivity index (χ4v) is 5.21. The van der Waals surface area contributed by atoms with Crippen molar-refractivity contribution in [2.75, 3.05) is 13.7 Å². The van der Waals surface area contributed by atoms with Crippen molar-refractivity contribution in [1.29, 1.82) is 0 Å². The molecule has 0 aliphatic rings. The van der Waals surface area contributed by atoms with E-state index < -0.39 is 0 Å². The predicted molar refractivity (Wildman–Crippen MR) is 147 cm³/mol. The van der Waals surface area contributed by atoms with Gasteiger partial charge in [-0.25, -0.2) is 9.38 Å². The van der Waals surface area contributed by atoms with Crippen LogP contribution in [0, 0.1) is 0 Å². The van der Waals surface area contributed by atoms with Gasteiger partial charge in [0.05, 0.1) is 29.6 Å². The Balaban J connectivity index is 1.58. The molecule has 0 radical (unpaired) electrons. The van der Waals surface area contributed by atoms with Crippen molar-refractivity contribution < 1.29 is 9.47 Å². The highest BCUT2D eigenvalue weighted by Gasteiger charge is 2.20. The summed E-state index contributed by atoms with van der Waals surface area (Å²) < 4.78 is 13.8.